The van der Waals surface area contributed by atoms with Crippen LogP contribution in [0.4, 0.5) is 5.82 Å². The molecular formula is C15H24N4. The van der Waals surface area contributed by atoms with Crippen molar-refractivity contribution >= 4 is 5.82 Å². The standard InChI is InChI=1S/C15H24N4/c1-18-10-6-14-13(12-18)4-5-15(17-14)16-7-11-19-8-2-3-9-19/h4-5,18H,1-3,6-12H2,(H,16,17). The summed E-state index contributed by atoms with van der Waals surface area (Å²) in [5, 5.41) is 3.46. The Bertz CT molecular complexity index is 426. The fourth-order valence-electron chi connectivity index (χ4n) is 3.01. The van der Waals surface area contributed by atoms with Crippen LogP contribution < -0.4 is 10.2 Å². The van der Waals surface area contributed by atoms with Crippen molar-refractivity contribution in [2.75, 3.05) is 38.0 Å². The molecule has 2 N–H and O–H groups in total. The number of nitrogens with zero attached hydrogens (tertiary/aromatic N) is 2. The molecule has 1 aromatic heterocycles. The van der Waals surface area contributed by atoms with E-state index in [9.17, 15) is 0 Å². The topological polar surface area (TPSA) is 32.6 Å². The van der Waals surface area contributed by atoms with Gasteiger partial charge in [0.2, 0.25) is 0 Å². The van der Waals surface area contributed by atoms with Crippen LogP contribution in [0, 0.1) is 7.05 Å². The molecule has 2 aliphatic rings. The molecule has 1 unspecified atom stereocenters. The van der Waals surface area contributed by atoms with Crippen molar-refractivity contribution < 1.29 is 4.90 Å². The fourth-order valence-corrected chi connectivity index (χ4v) is 3.01. The van der Waals surface area contributed by atoms with E-state index in [0.29, 0.717) is 0 Å². The van der Waals surface area contributed by atoms with E-state index in [1.165, 1.54) is 42.1 Å². The largest absolute Gasteiger partial charge is 0.464 e. The predicted molar refractivity (Wildman–Crippen MR) is 77.0 cm³/mol. The molecule has 1 fully saturated rings. The Morgan fingerprint density at radius 1 is 1.32 bits per heavy atom. The Balaban J connectivity index is 1.53. The maximum absolute atomic E-state index is 4.74. The van der Waals surface area contributed by atoms with Crippen molar-refractivity contribution in [1.82, 2.24) is 9.88 Å². The van der Waals surface area contributed by atoms with Gasteiger partial charge in [-0.2, -0.15) is 7.05 Å². The summed E-state index contributed by atoms with van der Waals surface area (Å²) in [6.45, 7) is 6.77. The van der Waals surface area contributed by atoms with Crippen LogP contribution in [0.5, 0.6) is 0 Å². The highest BCUT2D eigenvalue weighted by Crippen LogP contribution is 2.13. The lowest BCUT2D eigenvalue weighted by Gasteiger charge is -2.27. The second-order valence-electron chi connectivity index (χ2n) is 5.70. The van der Waals surface area contributed by atoms with Crippen LogP contribution in [0.2, 0.25) is 0 Å². The molecule has 0 spiro atoms. The van der Waals surface area contributed by atoms with Crippen LogP contribution in [0.1, 0.15) is 24.1 Å². The molecule has 1 aromatic rings. The van der Waals surface area contributed by atoms with Crippen molar-refractivity contribution in [3.63, 3.8) is 0 Å². The van der Waals surface area contributed by atoms with Crippen LogP contribution in [0.15, 0.2) is 12.1 Å². The Morgan fingerprint density at radius 3 is 3.00 bits per heavy atom. The molecule has 104 valence electrons. The molecule has 3 rings (SSSR count). The van der Waals surface area contributed by atoms with Gasteiger partial charge in [-0.05, 0) is 38.1 Å². The first-order chi connectivity index (χ1) is 9.31. The normalized spacial score (nSPS) is 23.3. The van der Waals surface area contributed by atoms with Gasteiger partial charge in [0.05, 0.1) is 18.8 Å². The summed E-state index contributed by atoms with van der Waals surface area (Å²) < 4.78 is 0. The molecule has 4 nitrogen and oxygen atoms in total. The van der Waals surface area contributed by atoms with E-state index in [4.69, 9.17) is 4.98 Å². The highest BCUT2D eigenvalue weighted by atomic mass is 15.2. The third-order valence-corrected chi connectivity index (χ3v) is 4.16. The molecule has 0 aromatic carbocycles. The Morgan fingerprint density at radius 2 is 2.16 bits per heavy atom. The zero-order valence-corrected chi connectivity index (χ0v) is 11.6. The number of rotatable bonds is 4. The molecular weight excluding hydrogens is 236 g/mol. The number of nitrogens with one attached hydrogen (secondary N) is 2. The Labute approximate surface area is 115 Å². The van der Waals surface area contributed by atoms with E-state index in [1.54, 1.807) is 0 Å². The van der Waals surface area contributed by atoms with Crippen molar-refractivity contribution in [2.45, 2.75) is 25.8 Å². The highest BCUT2D eigenvalue weighted by Gasteiger charge is 2.15. The van der Waals surface area contributed by atoms with Crippen LogP contribution in [0.25, 0.3) is 0 Å². The van der Waals surface area contributed by atoms with Crippen molar-refractivity contribution in [1.29, 1.82) is 0 Å². The molecule has 4 heteroatoms. The lowest BCUT2D eigenvalue weighted by atomic mass is 10.1. The zero-order chi connectivity index (χ0) is 13.1. The van der Waals surface area contributed by atoms with Crippen LogP contribution in [-0.2, 0) is 13.0 Å². The maximum atomic E-state index is 4.74. The first kappa shape index (κ1) is 12.9. The summed E-state index contributed by atoms with van der Waals surface area (Å²) in [6, 6.07) is 4.33. The van der Waals surface area contributed by atoms with Gasteiger partial charge in [-0.15, -0.1) is 0 Å². The van der Waals surface area contributed by atoms with E-state index >= 15 is 0 Å². The second kappa shape index (κ2) is 5.88. The fraction of sp³-hybridized carbons (Fsp3) is 0.600. The molecule has 1 atom stereocenters. The molecule has 0 amide bonds. The van der Waals surface area contributed by atoms with E-state index in [-0.39, 0.29) is 0 Å². The minimum Gasteiger partial charge on any atom is -0.464 e. The number of aromatic nitrogens is 1. The number of pyridine rings is 1. The summed E-state index contributed by atoms with van der Waals surface area (Å²) in [4.78, 5) is 8.60. The molecule has 2 aliphatic heterocycles. The molecule has 0 radical (unpaired) electrons. The molecule has 0 bridgehead atoms. The van der Waals surface area contributed by atoms with Gasteiger partial charge in [0.25, 0.3) is 0 Å². The van der Waals surface area contributed by atoms with Gasteiger partial charge in [0, 0.05) is 25.1 Å². The first-order valence-corrected chi connectivity index (χ1v) is 7.43. The third-order valence-electron chi connectivity index (χ3n) is 4.16. The minimum atomic E-state index is 0.999. The van der Waals surface area contributed by atoms with Crippen molar-refractivity contribution in [3.05, 3.63) is 30.4 Å². The van der Waals surface area contributed by atoms with Gasteiger partial charge in [-0.25, -0.2) is 4.98 Å². The number of quaternary nitrogens is 1. The molecule has 0 saturated carbocycles. The first-order valence-electron chi connectivity index (χ1n) is 7.43. The molecule has 1 saturated heterocycles. The summed E-state index contributed by atoms with van der Waals surface area (Å²) in [7, 11) is 4.08. The van der Waals surface area contributed by atoms with Gasteiger partial charge in [0.1, 0.15) is 5.82 Å². The van der Waals surface area contributed by atoms with Crippen molar-refractivity contribution in [3.8, 4) is 0 Å². The quantitative estimate of drug-likeness (QED) is 0.765. The molecule has 3 heterocycles. The highest BCUT2D eigenvalue weighted by molar-refractivity contribution is 5.39. The molecule has 19 heavy (non-hydrogen) atoms. The summed E-state index contributed by atoms with van der Waals surface area (Å²) in [5.41, 5.74) is 2.62. The van der Waals surface area contributed by atoms with Gasteiger partial charge < -0.3 is 15.1 Å². The Hall–Kier alpha value is -1.13. The summed E-state index contributed by atoms with van der Waals surface area (Å²) >= 11 is 0. The van der Waals surface area contributed by atoms with E-state index in [1.807, 2.05) is 0 Å². The maximum Gasteiger partial charge on any atom is 0.126 e. The van der Waals surface area contributed by atoms with E-state index in [0.717, 1.165) is 38.4 Å². The number of likely N-dealkylation sites (tertiary alicyclic amines) is 1. The average molecular weight is 260 g/mol. The van der Waals surface area contributed by atoms with E-state index < -0.39 is 0 Å². The average Bonchev–Trinajstić information content (AvgIpc) is 2.92. The van der Waals surface area contributed by atoms with Crippen molar-refractivity contribution in [2.24, 2.45) is 0 Å². The smallest absolute Gasteiger partial charge is 0.126 e. The number of fused-ring (bicyclic) bond motifs is 1. The third kappa shape index (κ3) is 3.25. The lowest BCUT2D eigenvalue weighted by molar-refractivity contribution is -0.870. The number of hydrogen-bond donors (Lipinski definition) is 2. The Kier molecular flexibility index (Phi) is 3.99. The zero-order valence-electron chi connectivity index (χ0n) is 11.6. The number of hydrogen-bond acceptors (Lipinski definition) is 3. The summed E-state index contributed by atoms with van der Waals surface area (Å²) in [5.74, 6) is 1.03. The minimum absolute atomic E-state index is 0.999. The lowest BCUT2D eigenvalue weighted by Crippen LogP contribution is -3.06. The molecule has 0 aliphatic carbocycles. The van der Waals surface area contributed by atoms with Crippen LogP contribution >= 0.6 is 0 Å². The van der Waals surface area contributed by atoms with Gasteiger partial charge in [-0.1, -0.05) is 0 Å². The van der Waals surface area contributed by atoms with Gasteiger partial charge in [0.15, 0.2) is 0 Å². The van der Waals surface area contributed by atoms with Gasteiger partial charge in [-0.3, -0.25) is 0 Å². The monoisotopic (exact) mass is 260 g/mol. The number of anilines is 1. The predicted octanol–water partition coefficient (Wildman–Crippen LogP) is 0.322. The van der Waals surface area contributed by atoms with E-state index in [2.05, 4.69) is 29.4 Å². The second-order valence-corrected chi connectivity index (χ2v) is 5.70. The van der Waals surface area contributed by atoms with Gasteiger partial charge >= 0.3 is 0 Å². The van der Waals surface area contributed by atoms with Crippen LogP contribution in [0.3, 0.4) is 0 Å². The SMILES string of the molecule is [CH2-][NH+]1CCc2nc(NCCN3CCCC3)ccc2C1. The summed E-state index contributed by atoms with van der Waals surface area (Å²) in [6.07, 6.45) is 3.78. The van der Waals surface area contributed by atoms with Crippen LogP contribution in [-0.4, -0.2) is 42.6 Å².